The molecule has 6 aromatic heterocycles. The van der Waals surface area contributed by atoms with Crippen molar-refractivity contribution in [3.05, 3.63) is 57.5 Å². The highest BCUT2D eigenvalue weighted by Gasteiger charge is 2.34. The number of hydrogen-bond acceptors (Lipinski definition) is 14. The second kappa shape index (κ2) is 21.1. The van der Waals surface area contributed by atoms with Gasteiger partial charge in [0.2, 0.25) is 0 Å². The molecule has 2 fully saturated rings. The zero-order valence-electron chi connectivity index (χ0n) is 40.7. The average Bonchev–Trinajstić information content (AvgIpc) is 4.11. The number of hydrogen-bond donors (Lipinski definition) is 1. The molecular weight excluding hydrogens is 1000 g/mol. The highest BCUT2D eigenvalue weighted by Crippen LogP contribution is 2.40. The zero-order valence-corrected chi connectivity index (χ0v) is 43.9. The molecule has 2 saturated heterocycles. The highest BCUT2D eigenvalue weighted by atomic mass is 79.9. The number of nitrogens with two attached hydrogens (primary N) is 1. The minimum atomic E-state index is -0.551. The normalized spacial score (nSPS) is 16.8. The van der Waals surface area contributed by atoms with Gasteiger partial charge in [-0.25, -0.2) is 19.6 Å². The average molecular weight is 1070 g/mol. The Morgan fingerprint density at radius 3 is 1.56 bits per heavy atom. The van der Waals surface area contributed by atoms with E-state index in [-0.39, 0.29) is 24.0 Å². The second-order valence-corrected chi connectivity index (χ2v) is 20.6. The van der Waals surface area contributed by atoms with E-state index in [9.17, 15) is 9.59 Å². The molecule has 0 aromatic carbocycles. The van der Waals surface area contributed by atoms with Crippen molar-refractivity contribution >= 4 is 67.0 Å². The number of nitrogens with zero attached hydrogens (tertiary/aromatic N) is 13. The topological polar surface area (TPSA) is 203 Å². The molecule has 8 rings (SSSR count). The SMILES string of the molecule is CCOCN(COCC)c1c(Br)c(C2CCCN(C(=O)OC(C)(C)C)C2)nc2c(-c3cnn(C)c3)cnn12.Cn1cc(-c2cnn3c(N)c(Br)c(C4CCCN(C(=O)OC(C)(C)C)C4)nc23)cn1. The van der Waals surface area contributed by atoms with E-state index >= 15 is 0 Å². The molecule has 2 aliphatic rings. The highest BCUT2D eigenvalue weighted by molar-refractivity contribution is 9.11. The fourth-order valence-corrected chi connectivity index (χ4v) is 9.69. The predicted molar refractivity (Wildman–Crippen MR) is 265 cm³/mol. The molecule has 22 heteroatoms. The summed E-state index contributed by atoms with van der Waals surface area (Å²) in [5.41, 5.74) is 12.0. The molecule has 8 heterocycles. The third-order valence-corrected chi connectivity index (χ3v) is 13.0. The van der Waals surface area contributed by atoms with Gasteiger partial charge in [0.25, 0.3) is 0 Å². The Bertz CT molecular complexity index is 2710. The van der Waals surface area contributed by atoms with Gasteiger partial charge in [0, 0.05) is 100.0 Å². The van der Waals surface area contributed by atoms with Crippen LogP contribution in [0.2, 0.25) is 0 Å². The fraction of sp³-hybridized carbons (Fsp3) is 0.565. The summed E-state index contributed by atoms with van der Waals surface area (Å²) >= 11 is 7.48. The summed E-state index contributed by atoms with van der Waals surface area (Å²) in [5.74, 6) is 1.33. The van der Waals surface area contributed by atoms with Gasteiger partial charge in [-0.3, -0.25) is 9.36 Å². The summed E-state index contributed by atoms with van der Waals surface area (Å²) in [5, 5.41) is 17.7. The van der Waals surface area contributed by atoms with Crippen molar-refractivity contribution in [1.29, 1.82) is 0 Å². The van der Waals surface area contributed by atoms with E-state index < -0.39 is 11.2 Å². The summed E-state index contributed by atoms with van der Waals surface area (Å²) in [6.07, 6.45) is 14.0. The number of fused-ring (bicyclic) bond motifs is 2. The lowest BCUT2D eigenvalue weighted by atomic mass is 9.94. The van der Waals surface area contributed by atoms with Crippen molar-refractivity contribution in [1.82, 2.24) is 58.6 Å². The van der Waals surface area contributed by atoms with Gasteiger partial charge in [-0.1, -0.05) is 0 Å². The Kier molecular flexibility index (Phi) is 15.7. The fourth-order valence-electron chi connectivity index (χ4n) is 8.28. The van der Waals surface area contributed by atoms with Crippen molar-refractivity contribution < 1.29 is 28.5 Å². The van der Waals surface area contributed by atoms with E-state index in [1.807, 2.05) is 104 Å². The molecule has 2 amide bonds. The molecule has 2 aliphatic heterocycles. The predicted octanol–water partition coefficient (Wildman–Crippen LogP) is 8.39. The number of carbonyl (C=O) groups excluding carboxylic acids is 2. The summed E-state index contributed by atoms with van der Waals surface area (Å²) in [7, 11) is 3.75. The van der Waals surface area contributed by atoms with E-state index in [0.717, 1.165) is 69.6 Å². The van der Waals surface area contributed by atoms with Crippen LogP contribution >= 0.6 is 31.9 Å². The van der Waals surface area contributed by atoms with Crippen LogP contribution < -0.4 is 10.6 Å². The molecule has 0 spiro atoms. The quantitative estimate of drug-likeness (QED) is 0.121. The van der Waals surface area contributed by atoms with Crippen LogP contribution in [-0.2, 0) is 33.0 Å². The van der Waals surface area contributed by atoms with Gasteiger partial charge >= 0.3 is 12.2 Å². The molecule has 2 atom stereocenters. The third kappa shape index (κ3) is 11.6. The van der Waals surface area contributed by atoms with E-state index in [4.69, 9.17) is 39.7 Å². The first-order valence-corrected chi connectivity index (χ1v) is 24.6. The Hall–Kier alpha value is -5.32. The number of aryl methyl sites for hydroxylation is 2. The van der Waals surface area contributed by atoms with Gasteiger partial charge in [0.05, 0.1) is 45.1 Å². The van der Waals surface area contributed by atoms with Crippen molar-refractivity contribution in [2.24, 2.45) is 14.1 Å². The van der Waals surface area contributed by atoms with Gasteiger partial charge in [0.1, 0.15) is 30.5 Å². The minimum absolute atomic E-state index is 0.00655. The van der Waals surface area contributed by atoms with E-state index in [0.29, 0.717) is 74.4 Å². The molecule has 0 bridgehead atoms. The molecule has 0 saturated carbocycles. The Morgan fingerprint density at radius 2 is 1.13 bits per heavy atom. The van der Waals surface area contributed by atoms with Gasteiger partial charge in [-0.2, -0.15) is 29.4 Å². The number of anilines is 2. The molecule has 0 aliphatic carbocycles. The van der Waals surface area contributed by atoms with Gasteiger partial charge in [-0.15, -0.1) is 0 Å². The van der Waals surface area contributed by atoms with E-state index in [1.165, 1.54) is 0 Å². The number of aromatic nitrogens is 10. The lowest BCUT2D eigenvalue weighted by molar-refractivity contribution is 0.0187. The monoisotopic (exact) mass is 1070 g/mol. The minimum Gasteiger partial charge on any atom is -0.444 e. The van der Waals surface area contributed by atoms with Crippen LogP contribution in [0.3, 0.4) is 0 Å². The molecule has 2 N–H and O–H groups in total. The number of rotatable bonds is 11. The van der Waals surface area contributed by atoms with Gasteiger partial charge in [-0.05, 0) is 113 Å². The maximum atomic E-state index is 12.9. The van der Waals surface area contributed by atoms with Crippen LogP contribution in [0.4, 0.5) is 21.2 Å². The first-order chi connectivity index (χ1) is 32.3. The number of likely N-dealkylation sites (tertiary alicyclic amines) is 2. The number of amides is 2. The first-order valence-electron chi connectivity index (χ1n) is 23.0. The van der Waals surface area contributed by atoms with Crippen LogP contribution in [-0.4, -0.2) is 135 Å². The van der Waals surface area contributed by atoms with Gasteiger partial charge < -0.3 is 39.4 Å². The molecule has 20 nitrogen and oxygen atoms in total. The number of halogens is 2. The summed E-state index contributed by atoms with van der Waals surface area (Å²) in [6, 6.07) is 0. The van der Waals surface area contributed by atoms with E-state index in [2.05, 4.69) is 47.2 Å². The molecular formula is C46H64Br2N14O6. The maximum absolute atomic E-state index is 12.9. The lowest BCUT2D eigenvalue weighted by Gasteiger charge is -2.35. The number of ether oxygens (including phenoxy) is 4. The van der Waals surface area contributed by atoms with Crippen LogP contribution in [0.15, 0.2) is 46.1 Å². The smallest absolute Gasteiger partial charge is 0.410 e. The molecule has 6 aromatic rings. The molecule has 2 unspecified atom stereocenters. The van der Waals surface area contributed by atoms with E-state index in [1.54, 1.807) is 36.1 Å². The summed E-state index contributed by atoms with van der Waals surface area (Å²) in [6.45, 7) is 19.4. The zero-order chi connectivity index (χ0) is 49.1. The lowest BCUT2D eigenvalue weighted by Crippen LogP contribution is -2.42. The number of nitrogen functional groups attached to an aromatic ring is 1. The van der Waals surface area contributed by atoms with Crippen LogP contribution in [0.1, 0.15) is 104 Å². The first kappa shape index (κ1) is 50.6. The number of piperidine rings is 2. The maximum Gasteiger partial charge on any atom is 0.410 e. The van der Waals surface area contributed by atoms with Gasteiger partial charge in [0.15, 0.2) is 17.1 Å². The van der Waals surface area contributed by atoms with Crippen molar-refractivity contribution in [2.45, 2.75) is 104 Å². The largest absolute Gasteiger partial charge is 0.444 e. The number of carbonyl (C=O) groups is 2. The third-order valence-electron chi connectivity index (χ3n) is 11.4. The standard InChI is InChI=1S/C26H38BrN7O4.C20H26BrN7O2/c1-7-36-16-33(17-37-8-2)24-21(27)22(18-10-9-11-32(15-18)25(35)38-26(3,4)5)30-23-20(13-29-34(23)24)19-12-28-31(6)14-19;1-20(2,3)30-19(29)27-7-5-6-12(11-27)16-15(21)17(22)28-18(25-16)14(9-24-28)13-8-23-26(4)10-13/h12-14,18H,7-11,15-17H2,1-6H3;8-10,12H,5-7,11,22H2,1-4H3. The van der Waals surface area contributed by atoms with Crippen molar-refractivity contribution in [3.8, 4) is 22.3 Å². The molecule has 368 valence electrons. The Labute approximate surface area is 413 Å². The van der Waals surface area contributed by atoms with Crippen LogP contribution in [0, 0.1) is 0 Å². The Morgan fingerprint density at radius 1 is 0.691 bits per heavy atom. The molecule has 68 heavy (non-hydrogen) atoms. The van der Waals surface area contributed by atoms with Crippen LogP contribution in [0.25, 0.3) is 33.5 Å². The van der Waals surface area contributed by atoms with Crippen molar-refractivity contribution in [3.63, 3.8) is 0 Å². The van der Waals surface area contributed by atoms with Crippen molar-refractivity contribution in [2.75, 3.05) is 63.5 Å². The molecule has 0 radical (unpaired) electrons. The summed E-state index contributed by atoms with van der Waals surface area (Å²) < 4.78 is 31.3. The second-order valence-electron chi connectivity index (χ2n) is 19.0. The summed E-state index contributed by atoms with van der Waals surface area (Å²) in [4.78, 5) is 41.1. The Balaban J connectivity index is 0.000000207. The van der Waals surface area contributed by atoms with Crippen LogP contribution in [0.5, 0.6) is 0 Å².